The molecule has 6 aromatic rings. The number of fused-ring (bicyclic) bond motifs is 5. The molecule has 0 amide bonds. The molecule has 0 spiro atoms. The summed E-state index contributed by atoms with van der Waals surface area (Å²) >= 11 is 0. The normalized spacial score (nSPS) is 11.9. The maximum absolute atomic E-state index is 12.8. The molecule has 0 aliphatic heterocycles. The van der Waals surface area contributed by atoms with Crippen LogP contribution in [0.3, 0.4) is 0 Å². The summed E-state index contributed by atoms with van der Waals surface area (Å²) in [4.78, 5) is 5.02. The van der Waals surface area contributed by atoms with Crippen molar-refractivity contribution >= 4 is 43.2 Å². The Labute approximate surface area is 196 Å². The van der Waals surface area contributed by atoms with Gasteiger partial charge in [-0.15, -0.1) is 0 Å². The first kappa shape index (κ1) is 20.4. The van der Waals surface area contributed by atoms with Crippen molar-refractivity contribution in [2.75, 3.05) is 4.72 Å². The van der Waals surface area contributed by atoms with Crippen LogP contribution < -0.4 is 4.72 Å². The van der Waals surface area contributed by atoms with Crippen LogP contribution >= 0.6 is 0 Å². The molecule has 0 saturated carbocycles. The number of nitrogens with one attached hydrogen (secondary N) is 1. The van der Waals surface area contributed by atoms with Crippen molar-refractivity contribution in [1.82, 2.24) is 14.6 Å². The Morgan fingerprint density at radius 3 is 2.26 bits per heavy atom. The zero-order chi connectivity index (χ0) is 23.3. The fourth-order valence-electron chi connectivity index (χ4n) is 4.18. The van der Waals surface area contributed by atoms with Gasteiger partial charge in [-0.05, 0) is 37.3 Å². The van der Waals surface area contributed by atoms with Gasteiger partial charge in [0.05, 0.1) is 27.3 Å². The Balaban J connectivity index is 1.56. The number of aryl methyl sites for hydroxylation is 1. The van der Waals surface area contributed by atoms with Gasteiger partial charge in [0, 0.05) is 16.3 Å². The molecule has 0 unspecified atom stereocenters. The molecule has 0 radical (unpaired) electrons. The van der Waals surface area contributed by atoms with Gasteiger partial charge >= 0.3 is 0 Å². The molecule has 2 heterocycles. The number of rotatable bonds is 4. The molecule has 1 N–H and O–H groups in total. The van der Waals surface area contributed by atoms with Crippen LogP contribution in [-0.4, -0.2) is 23.0 Å². The lowest BCUT2D eigenvalue weighted by molar-refractivity contribution is 0.601. The minimum atomic E-state index is -3.71. The van der Waals surface area contributed by atoms with Gasteiger partial charge < -0.3 is 0 Å². The Morgan fingerprint density at radius 2 is 1.50 bits per heavy atom. The van der Waals surface area contributed by atoms with Gasteiger partial charge in [0.2, 0.25) is 0 Å². The van der Waals surface area contributed by atoms with E-state index in [4.69, 9.17) is 10.1 Å². The van der Waals surface area contributed by atoms with Gasteiger partial charge in [0.15, 0.2) is 5.65 Å². The molecule has 0 atom stereocenters. The lowest BCUT2D eigenvalue weighted by Gasteiger charge is -2.09. The van der Waals surface area contributed by atoms with Gasteiger partial charge in [-0.2, -0.15) is 5.10 Å². The molecule has 7 heteroatoms. The smallest absolute Gasteiger partial charge is 0.261 e. The summed E-state index contributed by atoms with van der Waals surface area (Å²) in [5.74, 6) is 0. The average Bonchev–Trinajstić information content (AvgIpc) is 3.23. The number of imidazole rings is 1. The summed E-state index contributed by atoms with van der Waals surface area (Å²) in [6.45, 7) is 2.06. The molecule has 34 heavy (non-hydrogen) atoms. The highest BCUT2D eigenvalue weighted by Gasteiger charge is 2.17. The van der Waals surface area contributed by atoms with Crippen molar-refractivity contribution in [1.29, 1.82) is 0 Å². The first-order chi connectivity index (χ1) is 16.5. The number of hydrogen-bond donors (Lipinski definition) is 1. The Hall–Kier alpha value is -4.23. The summed E-state index contributed by atoms with van der Waals surface area (Å²) in [6.07, 6.45) is 0. The lowest BCUT2D eigenvalue weighted by atomic mass is 10.0. The van der Waals surface area contributed by atoms with E-state index < -0.39 is 10.0 Å². The number of anilines is 1. The van der Waals surface area contributed by atoms with E-state index in [2.05, 4.69) is 42.0 Å². The number of benzene rings is 4. The second-order valence-electron chi connectivity index (χ2n) is 8.23. The molecule has 0 bridgehead atoms. The van der Waals surface area contributed by atoms with E-state index in [1.54, 1.807) is 47.0 Å². The predicted molar refractivity (Wildman–Crippen MR) is 135 cm³/mol. The molecular weight excluding hydrogens is 444 g/mol. The molecule has 6 rings (SSSR count). The van der Waals surface area contributed by atoms with Crippen LogP contribution in [-0.2, 0) is 10.0 Å². The van der Waals surface area contributed by atoms with Crippen molar-refractivity contribution in [2.45, 2.75) is 11.8 Å². The number of nitrogens with zero attached hydrogens (tertiary/aromatic N) is 3. The van der Waals surface area contributed by atoms with Crippen molar-refractivity contribution < 1.29 is 8.42 Å². The fraction of sp³-hybridized carbons (Fsp3) is 0.0370. The molecule has 0 aliphatic carbocycles. The number of hydrogen-bond acceptors (Lipinski definition) is 4. The maximum atomic E-state index is 12.8. The molecular formula is C27H20N4O2S. The lowest BCUT2D eigenvalue weighted by Crippen LogP contribution is -2.12. The van der Waals surface area contributed by atoms with Crippen LogP contribution in [0.2, 0.25) is 0 Å². The van der Waals surface area contributed by atoms with Crippen molar-refractivity contribution in [3.05, 3.63) is 103 Å². The van der Waals surface area contributed by atoms with E-state index in [-0.39, 0.29) is 4.90 Å². The topological polar surface area (TPSA) is 76.4 Å². The van der Waals surface area contributed by atoms with Crippen LogP contribution in [0, 0.1) is 6.92 Å². The van der Waals surface area contributed by atoms with Crippen LogP contribution in [0.4, 0.5) is 5.69 Å². The minimum absolute atomic E-state index is 0.207. The Bertz CT molecular complexity index is 1790. The molecule has 166 valence electrons. The maximum Gasteiger partial charge on any atom is 0.261 e. The third-order valence-electron chi connectivity index (χ3n) is 5.88. The summed E-state index contributed by atoms with van der Waals surface area (Å²) in [5, 5.41) is 6.96. The molecule has 0 fully saturated rings. The SMILES string of the molecule is Cc1ccc(-c2nn3c4cc(NS(=O)(=O)c5ccccc5)ccc4nc3c3ccccc23)cc1. The highest BCUT2D eigenvalue weighted by atomic mass is 32.2. The summed E-state index contributed by atoms with van der Waals surface area (Å²) in [7, 11) is -3.71. The fourth-order valence-corrected chi connectivity index (χ4v) is 5.25. The first-order valence-electron chi connectivity index (χ1n) is 10.9. The van der Waals surface area contributed by atoms with E-state index >= 15 is 0 Å². The van der Waals surface area contributed by atoms with Crippen LogP contribution in [0.25, 0.3) is 38.7 Å². The van der Waals surface area contributed by atoms with Crippen molar-refractivity contribution in [3.63, 3.8) is 0 Å². The Kier molecular flexibility index (Phi) is 4.60. The zero-order valence-corrected chi connectivity index (χ0v) is 19.1. The van der Waals surface area contributed by atoms with Crippen LogP contribution in [0.15, 0.2) is 102 Å². The van der Waals surface area contributed by atoms with E-state index in [9.17, 15) is 8.42 Å². The van der Waals surface area contributed by atoms with Crippen molar-refractivity contribution in [2.24, 2.45) is 0 Å². The highest BCUT2D eigenvalue weighted by Crippen LogP contribution is 2.32. The summed E-state index contributed by atoms with van der Waals surface area (Å²) in [5.41, 5.74) is 5.67. The largest absolute Gasteiger partial charge is 0.280 e. The molecule has 0 aliphatic rings. The second-order valence-corrected chi connectivity index (χ2v) is 9.91. The number of sulfonamides is 1. The van der Waals surface area contributed by atoms with E-state index in [1.807, 2.05) is 24.3 Å². The van der Waals surface area contributed by atoms with Gasteiger partial charge in [0.25, 0.3) is 10.0 Å². The van der Waals surface area contributed by atoms with Crippen LogP contribution in [0.5, 0.6) is 0 Å². The number of aromatic nitrogens is 3. The van der Waals surface area contributed by atoms with Gasteiger partial charge in [-0.1, -0.05) is 72.3 Å². The van der Waals surface area contributed by atoms with Gasteiger partial charge in [-0.3, -0.25) is 4.72 Å². The zero-order valence-electron chi connectivity index (χ0n) is 18.3. The third kappa shape index (κ3) is 3.38. The minimum Gasteiger partial charge on any atom is -0.280 e. The second kappa shape index (κ2) is 7.67. The van der Waals surface area contributed by atoms with E-state index in [0.29, 0.717) is 5.69 Å². The molecule has 2 aromatic heterocycles. The first-order valence-corrected chi connectivity index (χ1v) is 12.3. The average molecular weight is 465 g/mol. The summed E-state index contributed by atoms with van der Waals surface area (Å²) in [6, 6.07) is 30.0. The monoisotopic (exact) mass is 464 g/mol. The molecule has 6 nitrogen and oxygen atoms in total. The standard InChI is InChI=1S/C27H20N4O2S/c1-18-11-13-19(14-12-18)26-22-9-5-6-10-23(22)27-28-24-16-15-20(17-25(24)31(27)29-26)30-34(32,33)21-7-3-2-4-8-21/h2-17,30H,1H3. The Morgan fingerprint density at radius 1 is 0.794 bits per heavy atom. The predicted octanol–water partition coefficient (Wildman–Crippen LogP) is 5.81. The van der Waals surface area contributed by atoms with Gasteiger partial charge in [-0.25, -0.2) is 17.9 Å². The van der Waals surface area contributed by atoms with E-state index in [0.717, 1.165) is 38.7 Å². The summed E-state index contributed by atoms with van der Waals surface area (Å²) < 4.78 is 30.1. The molecule has 0 saturated heterocycles. The molecule has 4 aromatic carbocycles. The van der Waals surface area contributed by atoms with E-state index in [1.165, 1.54) is 5.56 Å². The van der Waals surface area contributed by atoms with Gasteiger partial charge in [0.1, 0.15) is 0 Å². The third-order valence-corrected chi connectivity index (χ3v) is 7.28. The van der Waals surface area contributed by atoms with Crippen LogP contribution in [0.1, 0.15) is 5.56 Å². The van der Waals surface area contributed by atoms with Crippen molar-refractivity contribution in [3.8, 4) is 11.3 Å². The quantitative estimate of drug-likeness (QED) is 0.357. The highest BCUT2D eigenvalue weighted by molar-refractivity contribution is 7.92.